The van der Waals surface area contributed by atoms with Crippen LogP contribution in [-0.2, 0) is 0 Å². The van der Waals surface area contributed by atoms with Crippen molar-refractivity contribution in [2.24, 2.45) is 0 Å². The first kappa shape index (κ1) is 11.1. The minimum absolute atomic E-state index is 0.667. The summed E-state index contributed by atoms with van der Waals surface area (Å²) in [6.07, 6.45) is 2.16. The number of hydrogen-bond acceptors (Lipinski definition) is 2. The second-order valence-electron chi connectivity index (χ2n) is 3.89. The normalized spacial score (nSPS) is 11.6. The Bertz CT molecular complexity index is 272. The van der Waals surface area contributed by atoms with Crippen molar-refractivity contribution < 1.29 is 0 Å². The van der Waals surface area contributed by atoms with Gasteiger partial charge in [0, 0.05) is 14.6 Å². The highest BCUT2D eigenvalue weighted by molar-refractivity contribution is 7.98. The van der Waals surface area contributed by atoms with Crippen LogP contribution in [-0.4, -0.2) is 6.26 Å². The maximum Gasteiger partial charge on any atom is 0.0214 e. The molecule has 0 atom stereocenters. The van der Waals surface area contributed by atoms with E-state index in [2.05, 4.69) is 40.0 Å². The molecular formula is C11H18S2. The Morgan fingerprint density at radius 1 is 1.15 bits per heavy atom. The Morgan fingerprint density at radius 2 is 1.77 bits per heavy atom. The highest BCUT2D eigenvalue weighted by Crippen LogP contribution is 2.37. The van der Waals surface area contributed by atoms with Crippen molar-refractivity contribution >= 4 is 23.1 Å². The van der Waals surface area contributed by atoms with E-state index in [4.69, 9.17) is 0 Å². The van der Waals surface area contributed by atoms with Crippen LogP contribution in [0.1, 0.15) is 49.3 Å². The van der Waals surface area contributed by atoms with E-state index in [9.17, 15) is 0 Å². The van der Waals surface area contributed by atoms with Crippen LogP contribution in [0.15, 0.2) is 11.0 Å². The maximum atomic E-state index is 2.36. The summed E-state index contributed by atoms with van der Waals surface area (Å²) in [4.78, 5) is 4.55. The quantitative estimate of drug-likeness (QED) is 0.656. The van der Waals surface area contributed by atoms with Gasteiger partial charge in [0.05, 0.1) is 0 Å². The van der Waals surface area contributed by atoms with Gasteiger partial charge in [0.1, 0.15) is 0 Å². The summed E-state index contributed by atoms with van der Waals surface area (Å²) < 4.78 is 0. The van der Waals surface area contributed by atoms with Crippen molar-refractivity contribution in [1.29, 1.82) is 0 Å². The summed E-state index contributed by atoms with van der Waals surface area (Å²) in [5.74, 6) is 1.34. The average Bonchev–Trinajstić information content (AvgIpc) is 2.47. The van der Waals surface area contributed by atoms with E-state index >= 15 is 0 Å². The van der Waals surface area contributed by atoms with E-state index < -0.39 is 0 Å². The Balaban J connectivity index is 3.04. The van der Waals surface area contributed by atoms with Gasteiger partial charge in [0.2, 0.25) is 0 Å². The molecule has 1 heterocycles. The van der Waals surface area contributed by atoms with Gasteiger partial charge in [-0.1, -0.05) is 27.7 Å². The Labute approximate surface area is 89.7 Å². The molecule has 1 rings (SSSR count). The van der Waals surface area contributed by atoms with E-state index in [-0.39, 0.29) is 0 Å². The molecule has 0 saturated heterocycles. The number of rotatable bonds is 3. The van der Waals surface area contributed by atoms with Crippen molar-refractivity contribution in [3.8, 4) is 0 Å². The molecule has 13 heavy (non-hydrogen) atoms. The second-order valence-corrected chi connectivity index (χ2v) is 5.85. The first-order chi connectivity index (χ1) is 6.06. The number of hydrogen-bond donors (Lipinski definition) is 0. The molecule has 0 aliphatic carbocycles. The summed E-state index contributed by atoms with van der Waals surface area (Å²) in [5, 5.41) is 0. The fraction of sp³-hybridized carbons (Fsp3) is 0.636. The first-order valence-corrected chi connectivity index (χ1v) is 6.78. The number of thioether (sulfide) groups is 1. The summed E-state index contributed by atoms with van der Waals surface area (Å²) in [6, 6.07) is 2.36. The van der Waals surface area contributed by atoms with Crippen LogP contribution in [0, 0.1) is 0 Å². The molecule has 0 radical (unpaired) electrons. The summed E-state index contributed by atoms with van der Waals surface area (Å²) in [6.45, 7) is 9.07. The molecule has 0 aliphatic heterocycles. The molecular weight excluding hydrogens is 196 g/mol. The third kappa shape index (κ3) is 2.50. The van der Waals surface area contributed by atoms with Gasteiger partial charge >= 0.3 is 0 Å². The molecule has 2 heteroatoms. The first-order valence-electron chi connectivity index (χ1n) is 4.73. The van der Waals surface area contributed by atoms with Crippen molar-refractivity contribution in [3.05, 3.63) is 15.8 Å². The van der Waals surface area contributed by atoms with Gasteiger partial charge in [-0.3, -0.25) is 0 Å². The van der Waals surface area contributed by atoms with Crippen molar-refractivity contribution in [2.45, 2.75) is 44.4 Å². The third-order valence-electron chi connectivity index (χ3n) is 2.06. The molecule has 0 fully saturated rings. The summed E-state index contributed by atoms with van der Waals surface area (Å²) >= 11 is 3.85. The molecule has 0 spiro atoms. The van der Waals surface area contributed by atoms with Gasteiger partial charge in [-0.15, -0.1) is 23.1 Å². The molecule has 0 unspecified atom stereocenters. The van der Waals surface area contributed by atoms with Crippen molar-refractivity contribution in [1.82, 2.24) is 0 Å². The smallest absolute Gasteiger partial charge is 0.0214 e. The Hall–Kier alpha value is 0.0500. The zero-order chi connectivity index (χ0) is 10.0. The Kier molecular flexibility index (Phi) is 3.87. The summed E-state index contributed by atoms with van der Waals surface area (Å²) in [7, 11) is 0. The highest BCUT2D eigenvalue weighted by atomic mass is 32.2. The van der Waals surface area contributed by atoms with E-state index in [1.54, 1.807) is 4.88 Å². The van der Waals surface area contributed by atoms with Gasteiger partial charge in [-0.05, 0) is 24.2 Å². The van der Waals surface area contributed by atoms with Gasteiger partial charge in [0.25, 0.3) is 0 Å². The minimum Gasteiger partial charge on any atom is -0.144 e. The lowest BCUT2D eigenvalue weighted by atomic mass is 10.1. The standard InChI is InChI=1S/C11H18S2/c1-7(2)9-6-10(12-5)11(13-9)8(3)4/h6-8H,1-5H3. The van der Waals surface area contributed by atoms with Crippen molar-refractivity contribution in [3.63, 3.8) is 0 Å². The minimum atomic E-state index is 0.667. The second kappa shape index (κ2) is 4.52. The Morgan fingerprint density at radius 3 is 2.08 bits per heavy atom. The zero-order valence-corrected chi connectivity index (χ0v) is 10.7. The number of thiophene rings is 1. The van der Waals surface area contributed by atoms with Crippen LogP contribution in [0.25, 0.3) is 0 Å². The maximum absolute atomic E-state index is 2.36. The molecule has 0 amide bonds. The van der Waals surface area contributed by atoms with Crippen LogP contribution in [0.3, 0.4) is 0 Å². The molecule has 0 aromatic carbocycles. The fourth-order valence-corrected chi connectivity index (χ4v) is 3.45. The van der Waals surface area contributed by atoms with E-state index in [0.29, 0.717) is 11.8 Å². The topological polar surface area (TPSA) is 0 Å². The van der Waals surface area contributed by atoms with Crippen LogP contribution in [0.2, 0.25) is 0 Å². The highest BCUT2D eigenvalue weighted by Gasteiger charge is 2.12. The van der Waals surface area contributed by atoms with Crippen LogP contribution in [0.5, 0.6) is 0 Å². The lowest BCUT2D eigenvalue weighted by molar-refractivity contribution is 0.868. The van der Waals surface area contributed by atoms with E-state index in [1.807, 2.05) is 23.1 Å². The molecule has 74 valence electrons. The summed E-state index contributed by atoms with van der Waals surface area (Å²) in [5.41, 5.74) is 0. The fourth-order valence-electron chi connectivity index (χ4n) is 1.25. The van der Waals surface area contributed by atoms with Crippen LogP contribution in [0.4, 0.5) is 0 Å². The predicted octanol–water partition coefficient (Wildman–Crippen LogP) is 4.72. The van der Waals surface area contributed by atoms with Gasteiger partial charge < -0.3 is 0 Å². The molecule has 1 aromatic rings. The average molecular weight is 214 g/mol. The zero-order valence-electron chi connectivity index (χ0n) is 9.05. The van der Waals surface area contributed by atoms with Crippen LogP contribution < -0.4 is 0 Å². The molecule has 0 N–H and O–H groups in total. The molecule has 0 aliphatic rings. The van der Waals surface area contributed by atoms with E-state index in [1.165, 1.54) is 9.77 Å². The SMILES string of the molecule is CSc1cc(C(C)C)sc1C(C)C. The molecule has 0 saturated carbocycles. The van der Waals surface area contributed by atoms with E-state index in [0.717, 1.165) is 0 Å². The van der Waals surface area contributed by atoms with Gasteiger partial charge in [-0.2, -0.15) is 0 Å². The molecule has 0 nitrogen and oxygen atoms in total. The monoisotopic (exact) mass is 214 g/mol. The predicted molar refractivity (Wildman–Crippen MR) is 64.3 cm³/mol. The van der Waals surface area contributed by atoms with Crippen molar-refractivity contribution in [2.75, 3.05) is 6.26 Å². The largest absolute Gasteiger partial charge is 0.144 e. The lowest BCUT2D eigenvalue weighted by Crippen LogP contribution is -1.82. The van der Waals surface area contributed by atoms with Crippen LogP contribution >= 0.6 is 23.1 Å². The molecule has 1 aromatic heterocycles. The van der Waals surface area contributed by atoms with Gasteiger partial charge in [-0.25, -0.2) is 0 Å². The molecule has 0 bridgehead atoms. The lowest BCUT2D eigenvalue weighted by Gasteiger charge is -2.03. The third-order valence-corrected chi connectivity index (χ3v) is 4.70. The van der Waals surface area contributed by atoms with Gasteiger partial charge in [0.15, 0.2) is 0 Å².